The van der Waals surface area contributed by atoms with Crippen LogP contribution in [0.5, 0.6) is 0 Å². The van der Waals surface area contributed by atoms with Crippen molar-refractivity contribution in [1.82, 2.24) is 19.6 Å². The van der Waals surface area contributed by atoms with Gasteiger partial charge in [-0.25, -0.2) is 0 Å². The average Bonchev–Trinajstić information content (AvgIpc) is 2.74. The lowest BCUT2D eigenvalue weighted by molar-refractivity contribution is 0.0369. The molecule has 0 amide bonds. The van der Waals surface area contributed by atoms with Crippen molar-refractivity contribution >= 4 is 0 Å². The van der Waals surface area contributed by atoms with E-state index in [2.05, 4.69) is 35.1 Å². The molecular formula is C15H28N4O. The number of aromatic nitrogens is 2. The Morgan fingerprint density at radius 1 is 1.30 bits per heavy atom. The molecule has 1 aliphatic rings. The van der Waals surface area contributed by atoms with Crippen LogP contribution < -0.4 is 0 Å². The zero-order chi connectivity index (χ0) is 14.4. The minimum atomic E-state index is 0.903. The van der Waals surface area contributed by atoms with Crippen molar-refractivity contribution in [1.29, 1.82) is 0 Å². The lowest BCUT2D eigenvalue weighted by Crippen LogP contribution is -2.37. The Labute approximate surface area is 122 Å². The Morgan fingerprint density at radius 3 is 2.70 bits per heavy atom. The van der Waals surface area contributed by atoms with E-state index in [4.69, 9.17) is 4.74 Å². The van der Waals surface area contributed by atoms with Crippen molar-refractivity contribution in [2.24, 2.45) is 7.05 Å². The largest absolute Gasteiger partial charge is 0.379 e. The van der Waals surface area contributed by atoms with Crippen molar-refractivity contribution in [2.75, 3.05) is 46.4 Å². The van der Waals surface area contributed by atoms with Crippen LogP contribution in [0.3, 0.4) is 0 Å². The van der Waals surface area contributed by atoms with Crippen LogP contribution in [0.25, 0.3) is 0 Å². The van der Waals surface area contributed by atoms with Crippen LogP contribution in [0.4, 0.5) is 0 Å². The molecule has 0 N–H and O–H groups in total. The molecule has 0 radical (unpaired) electrons. The highest BCUT2D eigenvalue weighted by Crippen LogP contribution is 2.08. The van der Waals surface area contributed by atoms with Gasteiger partial charge in [0.15, 0.2) is 0 Å². The fourth-order valence-corrected chi connectivity index (χ4v) is 2.72. The molecule has 0 bridgehead atoms. The SMILES string of the molecule is Cc1nn(C)cc1CN(C)CCCCN1CCOCC1. The Bertz CT molecular complexity index is 399. The predicted octanol–water partition coefficient (Wildman–Crippen LogP) is 1.27. The van der Waals surface area contributed by atoms with Gasteiger partial charge in [-0.2, -0.15) is 5.10 Å². The first-order valence-corrected chi connectivity index (χ1v) is 7.63. The van der Waals surface area contributed by atoms with E-state index in [0.29, 0.717) is 0 Å². The molecular weight excluding hydrogens is 252 g/mol. The van der Waals surface area contributed by atoms with Crippen molar-refractivity contribution in [3.8, 4) is 0 Å². The number of hydrogen-bond acceptors (Lipinski definition) is 4. The van der Waals surface area contributed by atoms with Gasteiger partial charge in [0.25, 0.3) is 0 Å². The van der Waals surface area contributed by atoms with Crippen molar-refractivity contribution in [2.45, 2.75) is 26.3 Å². The van der Waals surface area contributed by atoms with Crippen LogP contribution in [0.15, 0.2) is 6.20 Å². The maximum absolute atomic E-state index is 5.37. The van der Waals surface area contributed by atoms with Crippen molar-refractivity contribution < 1.29 is 4.74 Å². The number of nitrogens with zero attached hydrogens (tertiary/aromatic N) is 4. The number of rotatable bonds is 7. The van der Waals surface area contributed by atoms with E-state index in [1.807, 2.05) is 11.7 Å². The third-order valence-electron chi connectivity index (χ3n) is 3.92. The summed E-state index contributed by atoms with van der Waals surface area (Å²) in [5.74, 6) is 0. The summed E-state index contributed by atoms with van der Waals surface area (Å²) in [6.07, 6.45) is 4.66. The van der Waals surface area contributed by atoms with E-state index in [1.165, 1.54) is 24.9 Å². The molecule has 2 heterocycles. The van der Waals surface area contributed by atoms with Crippen molar-refractivity contribution in [3.63, 3.8) is 0 Å². The highest BCUT2D eigenvalue weighted by molar-refractivity contribution is 5.14. The summed E-state index contributed by atoms with van der Waals surface area (Å²) in [6, 6.07) is 0. The molecule has 0 saturated carbocycles. The second kappa shape index (κ2) is 7.76. The topological polar surface area (TPSA) is 33.5 Å². The molecule has 0 spiro atoms. The zero-order valence-electron chi connectivity index (χ0n) is 13.1. The predicted molar refractivity (Wildman–Crippen MR) is 80.8 cm³/mol. The Morgan fingerprint density at radius 2 is 2.05 bits per heavy atom. The summed E-state index contributed by atoms with van der Waals surface area (Å²) in [5.41, 5.74) is 2.48. The van der Waals surface area contributed by atoms with Gasteiger partial charge in [0, 0.05) is 38.4 Å². The van der Waals surface area contributed by atoms with Crippen LogP contribution in [0.1, 0.15) is 24.1 Å². The first-order chi connectivity index (χ1) is 9.65. The smallest absolute Gasteiger partial charge is 0.0638 e. The molecule has 114 valence electrons. The molecule has 2 rings (SSSR count). The fraction of sp³-hybridized carbons (Fsp3) is 0.800. The summed E-state index contributed by atoms with van der Waals surface area (Å²) in [7, 11) is 4.18. The van der Waals surface area contributed by atoms with Crippen LogP contribution >= 0.6 is 0 Å². The summed E-state index contributed by atoms with van der Waals surface area (Å²) >= 11 is 0. The first-order valence-electron chi connectivity index (χ1n) is 7.63. The van der Waals surface area contributed by atoms with Crippen LogP contribution in [-0.4, -0.2) is 66.0 Å². The number of hydrogen-bond donors (Lipinski definition) is 0. The third kappa shape index (κ3) is 4.89. The zero-order valence-corrected chi connectivity index (χ0v) is 13.1. The van der Waals surface area contributed by atoms with E-state index in [-0.39, 0.29) is 0 Å². The highest BCUT2D eigenvalue weighted by Gasteiger charge is 2.10. The van der Waals surface area contributed by atoms with E-state index >= 15 is 0 Å². The number of unbranched alkanes of at least 4 members (excludes halogenated alkanes) is 1. The normalized spacial score (nSPS) is 17.0. The van der Waals surface area contributed by atoms with Crippen LogP contribution in [0, 0.1) is 6.92 Å². The second-order valence-corrected chi connectivity index (χ2v) is 5.81. The van der Waals surface area contributed by atoms with Gasteiger partial charge in [-0.15, -0.1) is 0 Å². The molecule has 1 aromatic heterocycles. The standard InChI is InChI=1S/C15H28N4O/c1-14-15(13-18(3)16-14)12-17(2)6-4-5-7-19-8-10-20-11-9-19/h13H,4-12H2,1-3H3. The number of aryl methyl sites for hydroxylation is 2. The molecule has 1 aliphatic heterocycles. The lowest BCUT2D eigenvalue weighted by Gasteiger charge is -2.26. The third-order valence-corrected chi connectivity index (χ3v) is 3.92. The molecule has 1 saturated heterocycles. The summed E-state index contributed by atoms with van der Waals surface area (Å²) in [6.45, 7) is 9.45. The molecule has 0 unspecified atom stereocenters. The monoisotopic (exact) mass is 280 g/mol. The molecule has 1 fully saturated rings. The maximum Gasteiger partial charge on any atom is 0.0638 e. The molecule has 5 heteroatoms. The lowest BCUT2D eigenvalue weighted by atomic mass is 10.2. The number of ether oxygens (including phenoxy) is 1. The summed E-state index contributed by atoms with van der Waals surface area (Å²) in [5, 5.41) is 4.39. The van der Waals surface area contributed by atoms with E-state index < -0.39 is 0 Å². The van der Waals surface area contributed by atoms with Gasteiger partial charge in [-0.05, 0) is 39.9 Å². The second-order valence-electron chi connectivity index (χ2n) is 5.81. The quantitative estimate of drug-likeness (QED) is 0.704. The highest BCUT2D eigenvalue weighted by atomic mass is 16.5. The van der Waals surface area contributed by atoms with E-state index in [1.54, 1.807) is 0 Å². The Balaban J connectivity index is 1.60. The number of morpholine rings is 1. The van der Waals surface area contributed by atoms with E-state index in [9.17, 15) is 0 Å². The Hall–Kier alpha value is -0.910. The van der Waals surface area contributed by atoms with Gasteiger partial charge < -0.3 is 9.64 Å². The van der Waals surface area contributed by atoms with Gasteiger partial charge in [-0.1, -0.05) is 0 Å². The molecule has 20 heavy (non-hydrogen) atoms. The molecule has 0 aliphatic carbocycles. The molecule has 0 aromatic carbocycles. The van der Waals surface area contributed by atoms with Gasteiger partial charge >= 0.3 is 0 Å². The average molecular weight is 280 g/mol. The fourth-order valence-electron chi connectivity index (χ4n) is 2.72. The van der Waals surface area contributed by atoms with E-state index in [0.717, 1.165) is 45.1 Å². The maximum atomic E-state index is 5.37. The van der Waals surface area contributed by atoms with Crippen LogP contribution in [-0.2, 0) is 18.3 Å². The molecule has 5 nitrogen and oxygen atoms in total. The van der Waals surface area contributed by atoms with Gasteiger partial charge in [0.05, 0.1) is 18.9 Å². The molecule has 1 aromatic rings. The summed E-state index contributed by atoms with van der Waals surface area (Å²) < 4.78 is 7.27. The minimum Gasteiger partial charge on any atom is -0.379 e. The summed E-state index contributed by atoms with van der Waals surface area (Å²) in [4.78, 5) is 4.90. The molecule has 0 atom stereocenters. The van der Waals surface area contributed by atoms with Gasteiger partial charge in [-0.3, -0.25) is 9.58 Å². The van der Waals surface area contributed by atoms with Crippen molar-refractivity contribution in [3.05, 3.63) is 17.5 Å². The first kappa shape index (κ1) is 15.5. The van der Waals surface area contributed by atoms with Gasteiger partial charge in [0.2, 0.25) is 0 Å². The Kier molecular flexibility index (Phi) is 6.01. The minimum absolute atomic E-state index is 0.903. The van der Waals surface area contributed by atoms with Gasteiger partial charge in [0.1, 0.15) is 0 Å². The van der Waals surface area contributed by atoms with Crippen LogP contribution in [0.2, 0.25) is 0 Å².